The van der Waals surface area contributed by atoms with Crippen molar-refractivity contribution < 1.29 is 17.9 Å². The Morgan fingerprint density at radius 2 is 1.74 bits per heavy atom. The van der Waals surface area contributed by atoms with Gasteiger partial charge in [-0.3, -0.25) is 0 Å². The summed E-state index contributed by atoms with van der Waals surface area (Å²) >= 11 is 0. The Morgan fingerprint density at radius 1 is 1.04 bits per heavy atom. The van der Waals surface area contributed by atoms with E-state index < -0.39 is 11.7 Å². The molecule has 0 fully saturated rings. The minimum absolute atomic E-state index is 0.312. The Bertz CT molecular complexity index is 832. The molecule has 0 bridgehead atoms. The molecule has 120 valence electrons. The van der Waals surface area contributed by atoms with Gasteiger partial charge in [-0.05, 0) is 43.3 Å². The Morgan fingerprint density at radius 3 is 2.39 bits per heavy atom. The average Bonchev–Trinajstić information content (AvgIpc) is 2.80. The van der Waals surface area contributed by atoms with Gasteiger partial charge in [-0.15, -0.1) is 0 Å². The number of ether oxygens (including phenoxy) is 1. The van der Waals surface area contributed by atoms with Gasteiger partial charge in [-0.2, -0.15) is 13.2 Å². The van der Waals surface area contributed by atoms with E-state index in [0.717, 1.165) is 34.2 Å². The summed E-state index contributed by atoms with van der Waals surface area (Å²) in [7, 11) is 1.96. The summed E-state index contributed by atoms with van der Waals surface area (Å²) in [6, 6.07) is 10.9. The van der Waals surface area contributed by atoms with Crippen LogP contribution >= 0.6 is 0 Å². The first-order valence-corrected chi connectivity index (χ1v) is 7.19. The normalized spacial score (nSPS) is 11.9. The smallest absolute Gasteiger partial charge is 0.416 e. The molecule has 2 aromatic carbocycles. The largest absolute Gasteiger partial charge is 0.489 e. The summed E-state index contributed by atoms with van der Waals surface area (Å²) < 4.78 is 45.3. The maximum Gasteiger partial charge on any atom is 0.416 e. The van der Waals surface area contributed by atoms with Gasteiger partial charge in [0, 0.05) is 29.7 Å². The minimum atomic E-state index is -4.33. The van der Waals surface area contributed by atoms with Gasteiger partial charge in [0.25, 0.3) is 0 Å². The SMILES string of the molecule is Cc1ccc2c(c1)c(COc1ccc(C(F)(F)F)cc1)cn2C. The first-order chi connectivity index (χ1) is 10.8. The first kappa shape index (κ1) is 15.5. The number of fused-ring (bicyclic) bond motifs is 1. The molecule has 1 aromatic heterocycles. The number of alkyl halides is 3. The van der Waals surface area contributed by atoms with E-state index in [2.05, 4.69) is 6.07 Å². The number of aryl methyl sites for hydroxylation is 2. The van der Waals surface area contributed by atoms with E-state index in [0.29, 0.717) is 12.4 Å². The van der Waals surface area contributed by atoms with Crippen LogP contribution in [0.3, 0.4) is 0 Å². The highest BCUT2D eigenvalue weighted by molar-refractivity contribution is 5.84. The van der Waals surface area contributed by atoms with E-state index in [4.69, 9.17) is 4.74 Å². The molecule has 0 amide bonds. The van der Waals surface area contributed by atoms with Crippen LogP contribution in [0.15, 0.2) is 48.7 Å². The van der Waals surface area contributed by atoms with Crippen molar-refractivity contribution in [1.29, 1.82) is 0 Å². The molecule has 0 N–H and O–H groups in total. The molecule has 0 aliphatic heterocycles. The Hall–Kier alpha value is -2.43. The van der Waals surface area contributed by atoms with Gasteiger partial charge in [-0.1, -0.05) is 11.6 Å². The van der Waals surface area contributed by atoms with Crippen molar-refractivity contribution in [3.8, 4) is 5.75 Å². The summed E-state index contributed by atoms with van der Waals surface area (Å²) in [6.07, 6.45) is -2.35. The van der Waals surface area contributed by atoms with Crippen molar-refractivity contribution in [1.82, 2.24) is 4.57 Å². The van der Waals surface area contributed by atoms with Crippen molar-refractivity contribution in [2.75, 3.05) is 0 Å². The van der Waals surface area contributed by atoms with Crippen LogP contribution in [0.2, 0.25) is 0 Å². The van der Waals surface area contributed by atoms with E-state index in [1.54, 1.807) is 0 Å². The molecule has 0 spiro atoms. The van der Waals surface area contributed by atoms with Crippen LogP contribution in [0.1, 0.15) is 16.7 Å². The third-order valence-corrected chi connectivity index (χ3v) is 3.80. The number of aromatic nitrogens is 1. The third-order valence-electron chi connectivity index (χ3n) is 3.80. The van der Waals surface area contributed by atoms with E-state index in [1.807, 2.05) is 36.9 Å². The maximum absolute atomic E-state index is 12.5. The lowest BCUT2D eigenvalue weighted by molar-refractivity contribution is -0.137. The molecule has 0 aliphatic rings. The molecule has 2 nitrogen and oxygen atoms in total. The topological polar surface area (TPSA) is 14.2 Å². The van der Waals surface area contributed by atoms with Crippen molar-refractivity contribution in [2.24, 2.45) is 7.05 Å². The Labute approximate surface area is 132 Å². The van der Waals surface area contributed by atoms with E-state index in [1.165, 1.54) is 12.1 Å². The highest BCUT2D eigenvalue weighted by Crippen LogP contribution is 2.30. The highest BCUT2D eigenvalue weighted by atomic mass is 19.4. The monoisotopic (exact) mass is 319 g/mol. The van der Waals surface area contributed by atoms with Crippen LogP contribution in [-0.2, 0) is 19.8 Å². The molecule has 3 rings (SSSR count). The van der Waals surface area contributed by atoms with Crippen LogP contribution in [0.4, 0.5) is 13.2 Å². The molecule has 0 aliphatic carbocycles. The number of benzene rings is 2. The van der Waals surface area contributed by atoms with Crippen molar-refractivity contribution >= 4 is 10.9 Å². The maximum atomic E-state index is 12.5. The van der Waals surface area contributed by atoms with E-state index in [9.17, 15) is 13.2 Å². The van der Waals surface area contributed by atoms with Crippen LogP contribution in [0.5, 0.6) is 5.75 Å². The second-order valence-corrected chi connectivity index (χ2v) is 5.60. The molecule has 0 saturated heterocycles. The second-order valence-electron chi connectivity index (χ2n) is 5.60. The van der Waals surface area contributed by atoms with Crippen molar-refractivity contribution in [3.05, 3.63) is 65.4 Å². The summed E-state index contributed by atoms with van der Waals surface area (Å²) in [5.74, 6) is 0.419. The van der Waals surface area contributed by atoms with Gasteiger partial charge in [0.15, 0.2) is 0 Å². The summed E-state index contributed by atoms with van der Waals surface area (Å²) in [6.45, 7) is 2.33. The predicted molar refractivity (Wildman–Crippen MR) is 83.4 cm³/mol. The van der Waals surface area contributed by atoms with Gasteiger partial charge in [-0.25, -0.2) is 0 Å². The van der Waals surface area contributed by atoms with Gasteiger partial charge in [0.1, 0.15) is 12.4 Å². The van der Waals surface area contributed by atoms with E-state index in [-0.39, 0.29) is 0 Å². The zero-order valence-corrected chi connectivity index (χ0v) is 12.8. The average molecular weight is 319 g/mol. The van der Waals surface area contributed by atoms with E-state index >= 15 is 0 Å². The molecular formula is C18H16F3NO. The first-order valence-electron chi connectivity index (χ1n) is 7.19. The zero-order valence-electron chi connectivity index (χ0n) is 12.8. The quantitative estimate of drug-likeness (QED) is 0.656. The van der Waals surface area contributed by atoms with Gasteiger partial charge >= 0.3 is 6.18 Å². The number of nitrogens with zero attached hydrogens (tertiary/aromatic N) is 1. The number of rotatable bonds is 3. The molecule has 5 heteroatoms. The molecule has 0 saturated carbocycles. The predicted octanol–water partition coefficient (Wildman–Crippen LogP) is 5.08. The lowest BCUT2D eigenvalue weighted by Crippen LogP contribution is -2.04. The lowest BCUT2D eigenvalue weighted by atomic mass is 10.1. The summed E-state index contributed by atoms with van der Waals surface area (Å²) in [4.78, 5) is 0. The molecule has 1 heterocycles. The third kappa shape index (κ3) is 3.18. The number of hydrogen-bond donors (Lipinski definition) is 0. The fraction of sp³-hybridized carbons (Fsp3) is 0.222. The van der Waals surface area contributed by atoms with Crippen LogP contribution < -0.4 is 4.74 Å². The highest BCUT2D eigenvalue weighted by Gasteiger charge is 2.30. The molecular weight excluding hydrogens is 303 g/mol. The van der Waals surface area contributed by atoms with Crippen LogP contribution in [0, 0.1) is 6.92 Å². The Balaban J connectivity index is 1.80. The van der Waals surface area contributed by atoms with Crippen molar-refractivity contribution in [3.63, 3.8) is 0 Å². The molecule has 23 heavy (non-hydrogen) atoms. The zero-order chi connectivity index (χ0) is 16.6. The van der Waals surface area contributed by atoms with Gasteiger partial charge < -0.3 is 9.30 Å². The Kier molecular flexibility index (Phi) is 3.80. The summed E-state index contributed by atoms with van der Waals surface area (Å²) in [5.41, 5.74) is 2.58. The fourth-order valence-corrected chi connectivity index (χ4v) is 2.60. The molecule has 0 atom stereocenters. The lowest BCUT2D eigenvalue weighted by Gasteiger charge is -2.09. The molecule has 0 unspecified atom stereocenters. The number of halogens is 3. The summed E-state index contributed by atoms with van der Waals surface area (Å²) in [5, 5.41) is 1.10. The van der Waals surface area contributed by atoms with Gasteiger partial charge in [0.2, 0.25) is 0 Å². The molecule has 3 aromatic rings. The van der Waals surface area contributed by atoms with Crippen molar-refractivity contribution in [2.45, 2.75) is 19.7 Å². The van der Waals surface area contributed by atoms with Crippen LogP contribution in [0.25, 0.3) is 10.9 Å². The fourth-order valence-electron chi connectivity index (χ4n) is 2.60. The minimum Gasteiger partial charge on any atom is -0.489 e. The standard InChI is InChI=1S/C18H16F3NO/c1-12-3-8-17-16(9-12)13(10-22(17)2)11-23-15-6-4-14(5-7-15)18(19,20)21/h3-10H,11H2,1-2H3. The second kappa shape index (κ2) is 5.65. The van der Waals surface area contributed by atoms with Gasteiger partial charge in [0.05, 0.1) is 5.56 Å². The van der Waals surface area contributed by atoms with Crippen LogP contribution in [-0.4, -0.2) is 4.57 Å². The number of hydrogen-bond acceptors (Lipinski definition) is 1. The molecule has 0 radical (unpaired) electrons.